The zero-order valence-electron chi connectivity index (χ0n) is 16.5. The number of nitrogens with zero attached hydrogens (tertiary/aromatic N) is 6. The summed E-state index contributed by atoms with van der Waals surface area (Å²) < 4.78 is 40.5. The Bertz CT molecular complexity index is 1230. The molecule has 0 saturated heterocycles. The molecule has 0 radical (unpaired) electrons. The molecular weight excluding hydrogens is 425 g/mol. The van der Waals surface area contributed by atoms with Crippen molar-refractivity contribution in [3.63, 3.8) is 0 Å². The molecule has 0 atom stereocenters. The molecule has 1 aliphatic heterocycles. The molecule has 0 aliphatic carbocycles. The fourth-order valence-electron chi connectivity index (χ4n) is 3.05. The highest BCUT2D eigenvalue weighted by molar-refractivity contribution is 6.03. The minimum Gasteiger partial charge on any atom is -0.321 e. The van der Waals surface area contributed by atoms with Crippen molar-refractivity contribution in [3.8, 4) is 11.8 Å². The molecule has 2 heterocycles. The van der Waals surface area contributed by atoms with Crippen LogP contribution in [-0.2, 0) is 0 Å². The third-order valence-corrected chi connectivity index (χ3v) is 4.45. The Kier molecular flexibility index (Phi) is 5.25. The SMILES string of the molecule is Cc1cc(C(=O)Nc2ccc(N3C=NNN3C(F)(F)F)cc2)n(-c2cccc(C#N)c2)n1. The molecule has 0 saturated carbocycles. The van der Waals surface area contributed by atoms with Crippen LogP contribution in [0, 0.1) is 18.3 Å². The molecule has 1 amide bonds. The predicted molar refractivity (Wildman–Crippen MR) is 109 cm³/mol. The molecule has 9 nitrogen and oxygen atoms in total. The summed E-state index contributed by atoms with van der Waals surface area (Å²) in [6.45, 7) is 1.73. The third kappa shape index (κ3) is 4.09. The number of nitrogens with one attached hydrogen (secondary N) is 2. The molecule has 2 N–H and O–H groups in total. The molecule has 1 aliphatic rings. The number of carbonyl (C=O) groups excluding carboxylic acids is 1. The van der Waals surface area contributed by atoms with E-state index in [1.165, 1.54) is 28.9 Å². The summed E-state index contributed by atoms with van der Waals surface area (Å²) >= 11 is 0. The second-order valence-electron chi connectivity index (χ2n) is 6.71. The minimum atomic E-state index is -4.68. The minimum absolute atomic E-state index is 0.0860. The average molecular weight is 440 g/mol. The Labute approximate surface area is 179 Å². The summed E-state index contributed by atoms with van der Waals surface area (Å²) in [6.07, 6.45) is -3.69. The van der Waals surface area contributed by atoms with Gasteiger partial charge in [0, 0.05) is 5.69 Å². The number of halogens is 3. The van der Waals surface area contributed by atoms with E-state index in [0.717, 1.165) is 11.3 Å². The fraction of sp³-hybridized carbons (Fsp3) is 0.100. The van der Waals surface area contributed by atoms with Crippen molar-refractivity contribution in [3.05, 3.63) is 71.5 Å². The monoisotopic (exact) mass is 440 g/mol. The van der Waals surface area contributed by atoms with Gasteiger partial charge in [-0.15, -0.1) is 0 Å². The second-order valence-corrected chi connectivity index (χ2v) is 6.71. The van der Waals surface area contributed by atoms with Gasteiger partial charge >= 0.3 is 6.30 Å². The highest BCUT2D eigenvalue weighted by atomic mass is 19.4. The van der Waals surface area contributed by atoms with Gasteiger partial charge in [-0.1, -0.05) is 6.07 Å². The number of hydrogen-bond acceptors (Lipinski definition) is 7. The van der Waals surface area contributed by atoms with E-state index in [1.807, 2.05) is 11.6 Å². The van der Waals surface area contributed by atoms with Gasteiger partial charge in [0.2, 0.25) is 0 Å². The summed E-state index contributed by atoms with van der Waals surface area (Å²) in [4.78, 5) is 12.9. The normalized spacial score (nSPS) is 13.7. The zero-order valence-corrected chi connectivity index (χ0v) is 16.5. The van der Waals surface area contributed by atoms with Gasteiger partial charge in [-0.2, -0.15) is 28.6 Å². The summed E-state index contributed by atoms with van der Waals surface area (Å²) in [7, 11) is 0. The third-order valence-electron chi connectivity index (χ3n) is 4.45. The Morgan fingerprint density at radius 1 is 1.12 bits per heavy atom. The lowest BCUT2D eigenvalue weighted by molar-refractivity contribution is -0.259. The van der Waals surface area contributed by atoms with Crippen LogP contribution in [0.4, 0.5) is 24.5 Å². The maximum Gasteiger partial charge on any atom is 0.497 e. The van der Waals surface area contributed by atoms with Crippen molar-refractivity contribution < 1.29 is 18.0 Å². The molecule has 4 rings (SSSR count). The maximum absolute atomic E-state index is 13.0. The molecule has 2 aromatic carbocycles. The van der Waals surface area contributed by atoms with E-state index in [9.17, 15) is 18.0 Å². The van der Waals surface area contributed by atoms with E-state index in [-0.39, 0.29) is 16.5 Å². The first-order valence-electron chi connectivity index (χ1n) is 9.20. The highest BCUT2D eigenvalue weighted by Gasteiger charge is 2.44. The number of anilines is 2. The smallest absolute Gasteiger partial charge is 0.321 e. The van der Waals surface area contributed by atoms with Crippen LogP contribution in [0.15, 0.2) is 59.7 Å². The van der Waals surface area contributed by atoms with E-state index < -0.39 is 12.2 Å². The molecule has 0 unspecified atom stereocenters. The van der Waals surface area contributed by atoms with E-state index in [0.29, 0.717) is 22.6 Å². The van der Waals surface area contributed by atoms with Gasteiger partial charge < -0.3 is 5.32 Å². The van der Waals surface area contributed by atoms with E-state index in [4.69, 9.17) is 5.26 Å². The number of rotatable bonds is 4. The second kappa shape index (κ2) is 8.05. The molecule has 0 fully saturated rings. The van der Waals surface area contributed by atoms with Crippen molar-refractivity contribution in [2.24, 2.45) is 5.10 Å². The van der Waals surface area contributed by atoms with E-state index >= 15 is 0 Å². The quantitative estimate of drug-likeness (QED) is 0.604. The molecule has 0 bridgehead atoms. The Hall–Kier alpha value is -4.37. The first-order valence-corrected chi connectivity index (χ1v) is 9.20. The van der Waals surface area contributed by atoms with E-state index in [1.54, 1.807) is 37.3 Å². The Morgan fingerprint density at radius 2 is 1.88 bits per heavy atom. The van der Waals surface area contributed by atoms with Gasteiger partial charge in [0.1, 0.15) is 12.0 Å². The lowest BCUT2D eigenvalue weighted by atomic mass is 10.2. The average Bonchev–Trinajstić information content (AvgIpc) is 3.41. The first-order chi connectivity index (χ1) is 15.3. The van der Waals surface area contributed by atoms with Gasteiger partial charge in [-0.05, 0) is 60.6 Å². The summed E-state index contributed by atoms with van der Waals surface area (Å²) in [5, 5.41) is 20.2. The van der Waals surface area contributed by atoms with Crippen molar-refractivity contribution in [2.45, 2.75) is 13.2 Å². The van der Waals surface area contributed by atoms with Crippen LogP contribution in [0.25, 0.3) is 5.69 Å². The van der Waals surface area contributed by atoms with Crippen LogP contribution in [0.3, 0.4) is 0 Å². The number of hydrogen-bond donors (Lipinski definition) is 2. The van der Waals surface area contributed by atoms with Crippen molar-refractivity contribution in [1.82, 2.24) is 20.4 Å². The van der Waals surface area contributed by atoms with Crippen LogP contribution < -0.4 is 15.9 Å². The van der Waals surface area contributed by atoms with Crippen LogP contribution in [0.1, 0.15) is 21.7 Å². The fourth-order valence-corrected chi connectivity index (χ4v) is 3.05. The molecule has 12 heteroatoms. The van der Waals surface area contributed by atoms with Crippen LogP contribution in [-0.4, -0.2) is 33.4 Å². The molecule has 32 heavy (non-hydrogen) atoms. The van der Waals surface area contributed by atoms with Gasteiger partial charge in [-0.25, -0.2) is 15.2 Å². The van der Waals surface area contributed by atoms with Crippen molar-refractivity contribution in [1.29, 1.82) is 5.26 Å². The van der Waals surface area contributed by atoms with Gasteiger partial charge in [0.25, 0.3) is 5.91 Å². The Morgan fingerprint density at radius 3 is 2.56 bits per heavy atom. The number of aryl methyl sites for hydroxylation is 1. The van der Waals surface area contributed by atoms with Crippen molar-refractivity contribution >= 4 is 23.6 Å². The van der Waals surface area contributed by atoms with Gasteiger partial charge in [-0.3, -0.25) is 4.79 Å². The largest absolute Gasteiger partial charge is 0.497 e. The standard InChI is InChI=1S/C20H15F3N8O/c1-13-9-18(30(27-13)17-4-2-3-14(10-17)11-24)19(32)26-15-5-7-16(8-6-15)29-12-25-28-31(29)20(21,22)23/h2-10,12,28H,1H3,(H,26,32). The topological polar surface area (TPSA) is 102 Å². The molecule has 3 aromatic rings. The van der Waals surface area contributed by atoms with Crippen LogP contribution >= 0.6 is 0 Å². The predicted octanol–water partition coefficient (Wildman–Crippen LogP) is 3.31. The highest BCUT2D eigenvalue weighted by Crippen LogP contribution is 2.28. The number of hydrazine groups is 2. The van der Waals surface area contributed by atoms with Gasteiger partial charge in [0.15, 0.2) is 0 Å². The maximum atomic E-state index is 13.0. The number of nitriles is 1. The van der Waals surface area contributed by atoms with Crippen molar-refractivity contribution in [2.75, 3.05) is 10.3 Å². The van der Waals surface area contributed by atoms with Crippen LogP contribution in [0.2, 0.25) is 0 Å². The summed E-state index contributed by atoms with van der Waals surface area (Å²) in [5.74, 6) is -0.470. The van der Waals surface area contributed by atoms with E-state index in [2.05, 4.69) is 15.5 Å². The number of amides is 1. The number of carbonyl (C=O) groups is 1. The summed E-state index contributed by atoms with van der Waals surface area (Å²) in [6, 6.07) is 16.0. The summed E-state index contributed by atoms with van der Waals surface area (Å²) in [5.41, 5.74) is 4.21. The van der Waals surface area contributed by atoms with Crippen LogP contribution in [0.5, 0.6) is 0 Å². The molecule has 162 valence electrons. The number of benzene rings is 2. The number of hydrazone groups is 1. The molecule has 0 spiro atoms. The Balaban J connectivity index is 1.54. The number of aromatic nitrogens is 2. The lowest BCUT2D eigenvalue weighted by Gasteiger charge is -2.27. The first kappa shape index (κ1) is 20.9. The lowest BCUT2D eigenvalue weighted by Crippen LogP contribution is -2.52. The number of alkyl halides is 3. The molecular formula is C20H15F3N8O. The molecule has 1 aromatic heterocycles. The van der Waals surface area contributed by atoms with Gasteiger partial charge in [0.05, 0.1) is 28.7 Å². The zero-order chi connectivity index (χ0) is 22.9.